The Bertz CT molecular complexity index is 1180. The molecule has 0 aliphatic carbocycles. The highest BCUT2D eigenvalue weighted by Crippen LogP contribution is 2.27. The summed E-state index contributed by atoms with van der Waals surface area (Å²) in [5, 5.41) is 16.0. The highest BCUT2D eigenvalue weighted by Gasteiger charge is 2.22. The van der Waals surface area contributed by atoms with Crippen LogP contribution in [0, 0.1) is 17.0 Å². The first-order chi connectivity index (χ1) is 14.1. The van der Waals surface area contributed by atoms with Crippen molar-refractivity contribution in [3.05, 3.63) is 87.9 Å². The molecule has 0 N–H and O–H groups in total. The first-order valence-corrected chi connectivity index (χ1v) is 9.18. The highest BCUT2D eigenvalue weighted by atomic mass is 16.6. The molecule has 0 unspecified atom stereocenters. The van der Waals surface area contributed by atoms with Crippen molar-refractivity contribution < 1.29 is 14.2 Å². The van der Waals surface area contributed by atoms with Crippen molar-refractivity contribution in [2.75, 3.05) is 6.61 Å². The normalized spacial score (nSPS) is 11.3. The van der Waals surface area contributed by atoms with Gasteiger partial charge in [-0.15, -0.1) is 0 Å². The Morgan fingerprint density at radius 1 is 1.14 bits per heavy atom. The Hall–Kier alpha value is -3.87. The fraction of sp³-hybridized carbons (Fsp3) is 0.136. The Morgan fingerprint density at radius 3 is 2.69 bits per heavy atom. The van der Waals surface area contributed by atoms with E-state index in [-0.39, 0.29) is 17.1 Å². The van der Waals surface area contributed by atoms with E-state index in [1.807, 2.05) is 66.9 Å². The predicted molar refractivity (Wildman–Crippen MR) is 111 cm³/mol. The summed E-state index contributed by atoms with van der Waals surface area (Å²) >= 11 is 0. The molecule has 4 rings (SSSR count). The van der Waals surface area contributed by atoms with Gasteiger partial charge in [-0.05, 0) is 37.3 Å². The number of hydrogen-bond acceptors (Lipinski definition) is 5. The Morgan fingerprint density at radius 2 is 1.90 bits per heavy atom. The molecule has 0 bridgehead atoms. The zero-order valence-corrected chi connectivity index (χ0v) is 15.8. The van der Waals surface area contributed by atoms with E-state index in [0.717, 1.165) is 22.2 Å². The summed E-state index contributed by atoms with van der Waals surface area (Å²) in [6.45, 7) is 2.75. The minimum Gasteiger partial charge on any atom is -0.492 e. The molecule has 0 radical (unpaired) electrons. The average molecular weight is 389 g/mol. The van der Waals surface area contributed by atoms with E-state index in [2.05, 4.69) is 9.72 Å². The fourth-order valence-electron chi connectivity index (χ4n) is 3.25. The second-order valence-corrected chi connectivity index (χ2v) is 6.53. The summed E-state index contributed by atoms with van der Waals surface area (Å²) in [5.74, 6) is 0.967. The molecule has 7 nitrogen and oxygen atoms in total. The lowest BCUT2D eigenvalue weighted by Crippen LogP contribution is -2.07. The van der Waals surface area contributed by atoms with Crippen molar-refractivity contribution in [1.82, 2.24) is 9.72 Å². The van der Waals surface area contributed by atoms with E-state index in [1.54, 1.807) is 13.0 Å². The van der Waals surface area contributed by atoms with Crippen molar-refractivity contribution in [2.24, 2.45) is 0 Å². The molecule has 0 spiro atoms. The number of aromatic nitrogens is 2. The van der Waals surface area contributed by atoms with Gasteiger partial charge in [-0.25, -0.2) is 0 Å². The molecule has 29 heavy (non-hydrogen) atoms. The number of fused-ring (bicyclic) bond motifs is 1. The third kappa shape index (κ3) is 3.89. The Kier molecular flexibility index (Phi) is 5.11. The summed E-state index contributed by atoms with van der Waals surface area (Å²) in [4.78, 5) is 10.7. The molecule has 0 saturated carbocycles. The molecule has 0 fully saturated rings. The SMILES string of the molecule is Cc1noc(/C=C/c2cn(CCOc3ccccc3)c3ccccc23)c1[N+](=O)[O-]. The fourth-order valence-corrected chi connectivity index (χ4v) is 3.25. The number of rotatable bonds is 7. The van der Waals surface area contributed by atoms with Crippen LogP contribution < -0.4 is 4.74 Å². The van der Waals surface area contributed by atoms with Crippen molar-refractivity contribution in [3.8, 4) is 5.75 Å². The monoisotopic (exact) mass is 389 g/mol. The van der Waals surface area contributed by atoms with Crippen LogP contribution in [0.3, 0.4) is 0 Å². The van der Waals surface area contributed by atoms with Gasteiger partial charge < -0.3 is 13.8 Å². The molecule has 0 atom stereocenters. The number of nitrogens with zero attached hydrogens (tertiary/aromatic N) is 3. The van der Waals surface area contributed by atoms with Crippen LogP contribution >= 0.6 is 0 Å². The highest BCUT2D eigenvalue weighted by molar-refractivity contribution is 5.92. The zero-order valence-electron chi connectivity index (χ0n) is 15.8. The minimum absolute atomic E-state index is 0.110. The summed E-state index contributed by atoms with van der Waals surface area (Å²) < 4.78 is 13.0. The van der Waals surface area contributed by atoms with Crippen LogP contribution in [0.4, 0.5) is 5.69 Å². The van der Waals surface area contributed by atoms with Crippen LogP contribution in [0.15, 0.2) is 65.3 Å². The maximum atomic E-state index is 11.2. The first-order valence-electron chi connectivity index (χ1n) is 9.18. The van der Waals surface area contributed by atoms with Gasteiger partial charge >= 0.3 is 5.69 Å². The lowest BCUT2D eigenvalue weighted by atomic mass is 10.1. The number of nitro groups is 1. The number of aryl methyl sites for hydroxylation is 1. The second kappa shape index (κ2) is 8.02. The van der Waals surface area contributed by atoms with Crippen LogP contribution in [-0.4, -0.2) is 21.3 Å². The molecule has 2 heterocycles. The summed E-state index contributed by atoms with van der Waals surface area (Å²) in [5.41, 5.74) is 2.15. The van der Waals surface area contributed by atoms with Gasteiger partial charge in [0.1, 0.15) is 12.4 Å². The molecule has 146 valence electrons. The average Bonchev–Trinajstić information content (AvgIpc) is 3.28. The molecule has 2 aromatic heterocycles. The third-order valence-electron chi connectivity index (χ3n) is 4.62. The second-order valence-electron chi connectivity index (χ2n) is 6.53. The third-order valence-corrected chi connectivity index (χ3v) is 4.62. The van der Waals surface area contributed by atoms with Gasteiger partial charge in [-0.2, -0.15) is 0 Å². The van der Waals surface area contributed by atoms with E-state index in [4.69, 9.17) is 9.26 Å². The molecule has 0 amide bonds. The van der Waals surface area contributed by atoms with Crippen molar-refractivity contribution in [2.45, 2.75) is 13.5 Å². The van der Waals surface area contributed by atoms with Crippen LogP contribution in [0.1, 0.15) is 17.0 Å². The lowest BCUT2D eigenvalue weighted by Gasteiger charge is -2.08. The largest absolute Gasteiger partial charge is 0.492 e. The topological polar surface area (TPSA) is 83.3 Å². The standard InChI is InChI=1S/C22H19N3O4/c1-16-22(25(26)27)21(29-23-16)12-11-17-15-24(20-10-6-5-9-19(17)20)13-14-28-18-7-3-2-4-8-18/h2-12,15H,13-14H2,1H3/b12-11+. The maximum absolute atomic E-state index is 11.2. The molecule has 4 aromatic rings. The van der Waals surface area contributed by atoms with Gasteiger partial charge in [0, 0.05) is 22.7 Å². The van der Waals surface area contributed by atoms with Gasteiger partial charge in [-0.1, -0.05) is 41.6 Å². The van der Waals surface area contributed by atoms with E-state index in [0.29, 0.717) is 13.2 Å². The van der Waals surface area contributed by atoms with E-state index < -0.39 is 4.92 Å². The number of hydrogen-bond donors (Lipinski definition) is 0. The van der Waals surface area contributed by atoms with E-state index >= 15 is 0 Å². The van der Waals surface area contributed by atoms with Crippen molar-refractivity contribution in [3.63, 3.8) is 0 Å². The van der Waals surface area contributed by atoms with E-state index in [9.17, 15) is 10.1 Å². The molecule has 7 heteroatoms. The smallest absolute Gasteiger partial charge is 0.338 e. The van der Waals surface area contributed by atoms with Gasteiger partial charge in [-0.3, -0.25) is 10.1 Å². The van der Waals surface area contributed by atoms with Crippen molar-refractivity contribution in [1.29, 1.82) is 0 Å². The molecule has 2 aromatic carbocycles. The molecular formula is C22H19N3O4. The number of para-hydroxylation sites is 2. The summed E-state index contributed by atoms with van der Waals surface area (Å²) in [7, 11) is 0. The number of ether oxygens (including phenoxy) is 1. The van der Waals surface area contributed by atoms with Crippen LogP contribution in [-0.2, 0) is 6.54 Å². The van der Waals surface area contributed by atoms with Gasteiger partial charge in [0.05, 0.1) is 11.5 Å². The molecule has 0 aliphatic rings. The number of benzene rings is 2. The maximum Gasteiger partial charge on any atom is 0.338 e. The Balaban J connectivity index is 1.58. The quantitative estimate of drug-likeness (QED) is 0.324. The van der Waals surface area contributed by atoms with Gasteiger partial charge in [0.2, 0.25) is 5.76 Å². The van der Waals surface area contributed by atoms with Crippen LogP contribution in [0.2, 0.25) is 0 Å². The molecular weight excluding hydrogens is 370 g/mol. The summed E-state index contributed by atoms with van der Waals surface area (Å²) in [6, 6.07) is 17.7. The zero-order chi connectivity index (χ0) is 20.2. The van der Waals surface area contributed by atoms with Gasteiger partial charge in [0.25, 0.3) is 0 Å². The Labute approximate surface area is 167 Å². The van der Waals surface area contributed by atoms with E-state index in [1.165, 1.54) is 0 Å². The molecule has 0 aliphatic heterocycles. The van der Waals surface area contributed by atoms with Gasteiger partial charge in [0.15, 0.2) is 5.69 Å². The van der Waals surface area contributed by atoms with Crippen LogP contribution in [0.5, 0.6) is 5.75 Å². The minimum atomic E-state index is -0.476. The first kappa shape index (κ1) is 18.5. The van der Waals surface area contributed by atoms with Crippen molar-refractivity contribution >= 4 is 28.7 Å². The molecule has 0 saturated heterocycles. The van der Waals surface area contributed by atoms with Crippen LogP contribution in [0.25, 0.3) is 23.1 Å². The lowest BCUT2D eigenvalue weighted by molar-refractivity contribution is -0.386. The summed E-state index contributed by atoms with van der Waals surface area (Å²) in [6.07, 6.45) is 5.40. The predicted octanol–water partition coefficient (Wildman–Crippen LogP) is 5.10.